The molecule has 0 saturated carbocycles. The zero-order valence-corrected chi connectivity index (χ0v) is 16.7. The molecule has 7 rings (SSSR count). The van der Waals surface area contributed by atoms with Crippen LogP contribution in [0.1, 0.15) is 39.7 Å². The van der Waals surface area contributed by atoms with Crippen LogP contribution in [0.5, 0.6) is 0 Å². The van der Waals surface area contributed by atoms with Crippen LogP contribution >= 0.6 is 0 Å². The molecule has 0 aromatic heterocycles. The summed E-state index contributed by atoms with van der Waals surface area (Å²) in [6.07, 6.45) is 0. The van der Waals surface area contributed by atoms with Gasteiger partial charge in [-0.25, -0.2) is 4.90 Å². The lowest BCUT2D eigenvalue weighted by molar-refractivity contribution is -0.384. The fraction of sp³-hybridized carbons (Fsp3) is 0.200. The van der Waals surface area contributed by atoms with E-state index in [9.17, 15) is 19.7 Å². The highest BCUT2D eigenvalue weighted by Gasteiger charge is 2.61. The predicted molar refractivity (Wildman–Crippen MR) is 114 cm³/mol. The second-order valence-corrected chi connectivity index (χ2v) is 8.50. The van der Waals surface area contributed by atoms with Gasteiger partial charge in [-0.2, -0.15) is 0 Å². The molecule has 6 nitrogen and oxygen atoms in total. The zero-order chi connectivity index (χ0) is 21.4. The smallest absolute Gasteiger partial charge is 0.271 e. The minimum atomic E-state index is -0.504. The number of hydrogen-bond donors (Lipinski definition) is 0. The van der Waals surface area contributed by atoms with Crippen LogP contribution in [0.3, 0.4) is 0 Å². The Labute approximate surface area is 178 Å². The Morgan fingerprint density at radius 3 is 1.65 bits per heavy atom. The highest BCUT2D eigenvalue weighted by molar-refractivity contribution is 6.23. The molecule has 4 aliphatic rings. The first-order valence-corrected chi connectivity index (χ1v) is 10.3. The van der Waals surface area contributed by atoms with E-state index in [1.165, 1.54) is 17.0 Å². The zero-order valence-electron chi connectivity index (χ0n) is 16.7. The number of imide groups is 1. The minimum absolute atomic E-state index is 0.134. The third-order valence-electron chi connectivity index (χ3n) is 7.09. The number of aryl methyl sites for hydroxylation is 1. The van der Waals surface area contributed by atoms with Crippen molar-refractivity contribution < 1.29 is 14.5 Å². The summed E-state index contributed by atoms with van der Waals surface area (Å²) < 4.78 is 0. The lowest BCUT2D eigenvalue weighted by atomic mass is 9.55. The van der Waals surface area contributed by atoms with Crippen molar-refractivity contribution in [1.82, 2.24) is 0 Å². The fourth-order valence-corrected chi connectivity index (χ4v) is 5.87. The summed E-state index contributed by atoms with van der Waals surface area (Å²) in [5, 5.41) is 11.3. The maximum Gasteiger partial charge on any atom is 0.271 e. The first-order chi connectivity index (χ1) is 15.0. The molecule has 0 unspecified atom stereocenters. The van der Waals surface area contributed by atoms with Crippen molar-refractivity contribution >= 4 is 23.2 Å². The largest absolute Gasteiger partial charge is 0.274 e. The van der Waals surface area contributed by atoms with E-state index < -0.39 is 16.8 Å². The van der Waals surface area contributed by atoms with E-state index in [4.69, 9.17) is 0 Å². The minimum Gasteiger partial charge on any atom is -0.274 e. The van der Waals surface area contributed by atoms with Crippen LogP contribution in [-0.2, 0) is 9.59 Å². The van der Waals surface area contributed by atoms with Crippen LogP contribution in [0.15, 0.2) is 66.7 Å². The number of nitro benzene ring substituents is 1. The molecule has 2 bridgehead atoms. The number of rotatable bonds is 2. The van der Waals surface area contributed by atoms with Crippen molar-refractivity contribution in [2.45, 2.75) is 18.8 Å². The van der Waals surface area contributed by atoms with Gasteiger partial charge in [0.1, 0.15) is 0 Å². The molecule has 3 aliphatic carbocycles. The van der Waals surface area contributed by atoms with E-state index in [0.29, 0.717) is 11.3 Å². The summed E-state index contributed by atoms with van der Waals surface area (Å²) in [4.78, 5) is 39.5. The van der Waals surface area contributed by atoms with Crippen LogP contribution in [0, 0.1) is 28.9 Å². The number of benzene rings is 3. The molecule has 6 heteroatoms. The Balaban J connectivity index is 1.56. The highest BCUT2D eigenvalue weighted by atomic mass is 16.6. The first-order valence-electron chi connectivity index (χ1n) is 10.3. The molecule has 1 fully saturated rings. The lowest BCUT2D eigenvalue weighted by Crippen LogP contribution is -2.41. The second-order valence-electron chi connectivity index (χ2n) is 8.50. The number of amides is 2. The van der Waals surface area contributed by atoms with Crippen molar-refractivity contribution in [3.63, 3.8) is 0 Å². The Morgan fingerprint density at radius 1 is 0.774 bits per heavy atom. The molecular formula is C25H18N2O4. The predicted octanol–water partition coefficient (Wildman–Crippen LogP) is 4.30. The van der Waals surface area contributed by atoms with Crippen molar-refractivity contribution in [3.05, 3.63) is 105 Å². The van der Waals surface area contributed by atoms with Gasteiger partial charge >= 0.3 is 0 Å². The van der Waals surface area contributed by atoms with Gasteiger partial charge < -0.3 is 0 Å². The van der Waals surface area contributed by atoms with E-state index >= 15 is 0 Å². The van der Waals surface area contributed by atoms with E-state index in [0.717, 1.165) is 22.3 Å². The summed E-state index contributed by atoms with van der Waals surface area (Å²) in [5.74, 6) is -1.91. The molecule has 2 atom stereocenters. The van der Waals surface area contributed by atoms with Gasteiger partial charge in [0.15, 0.2) is 0 Å². The summed E-state index contributed by atoms with van der Waals surface area (Å²) in [6, 6.07) is 20.4. The van der Waals surface area contributed by atoms with Gasteiger partial charge in [-0.1, -0.05) is 54.6 Å². The van der Waals surface area contributed by atoms with Gasteiger partial charge in [-0.3, -0.25) is 19.7 Å². The van der Waals surface area contributed by atoms with Crippen molar-refractivity contribution in [2.24, 2.45) is 11.8 Å². The van der Waals surface area contributed by atoms with E-state index in [-0.39, 0.29) is 29.3 Å². The Kier molecular flexibility index (Phi) is 3.55. The fourth-order valence-electron chi connectivity index (χ4n) is 5.87. The second kappa shape index (κ2) is 6.11. The highest BCUT2D eigenvalue weighted by Crippen LogP contribution is 2.61. The van der Waals surface area contributed by atoms with Crippen molar-refractivity contribution in [1.29, 1.82) is 0 Å². The number of carbonyl (C=O) groups excluding carboxylic acids is 2. The average molecular weight is 410 g/mol. The molecule has 3 aromatic rings. The van der Waals surface area contributed by atoms with Crippen LogP contribution in [-0.4, -0.2) is 16.7 Å². The Morgan fingerprint density at radius 2 is 1.23 bits per heavy atom. The molecule has 0 radical (unpaired) electrons. The number of anilines is 1. The molecule has 1 aliphatic heterocycles. The number of nitrogens with zero attached hydrogens (tertiary/aromatic N) is 2. The van der Waals surface area contributed by atoms with Crippen molar-refractivity contribution in [3.8, 4) is 0 Å². The summed E-state index contributed by atoms with van der Waals surface area (Å²) in [7, 11) is 0. The summed E-state index contributed by atoms with van der Waals surface area (Å²) in [6.45, 7) is 1.76. The Hall–Kier alpha value is -3.80. The van der Waals surface area contributed by atoms with Crippen molar-refractivity contribution in [2.75, 3.05) is 4.90 Å². The molecule has 0 N–H and O–H groups in total. The number of hydrogen-bond acceptors (Lipinski definition) is 4. The number of carbonyl (C=O) groups is 2. The molecular weight excluding hydrogens is 392 g/mol. The average Bonchev–Trinajstić information content (AvgIpc) is 3.05. The molecule has 1 saturated heterocycles. The Bertz CT molecular complexity index is 1200. The van der Waals surface area contributed by atoms with Crippen LogP contribution < -0.4 is 4.90 Å². The standard InChI is InChI=1S/C25H18N2O4/c1-13-10-11-14(27(30)31)12-19(13)26-24(28)22-20-15-6-2-3-7-16(15)21(23(22)25(26)29)18-9-5-4-8-17(18)20/h2-12,20-23H,1H3/t20?,21?,22-,23+. The van der Waals surface area contributed by atoms with Crippen LogP contribution in [0.2, 0.25) is 0 Å². The molecule has 1 heterocycles. The molecule has 152 valence electrons. The van der Waals surface area contributed by atoms with Crippen LogP contribution in [0.25, 0.3) is 0 Å². The summed E-state index contributed by atoms with van der Waals surface area (Å²) >= 11 is 0. The first kappa shape index (κ1) is 18.0. The molecule has 31 heavy (non-hydrogen) atoms. The van der Waals surface area contributed by atoms with E-state index in [2.05, 4.69) is 24.3 Å². The maximum atomic E-state index is 13.7. The van der Waals surface area contributed by atoms with Gasteiger partial charge in [0.2, 0.25) is 11.8 Å². The van der Waals surface area contributed by atoms with E-state index in [1.54, 1.807) is 13.0 Å². The number of nitro groups is 1. The SMILES string of the molecule is Cc1ccc([N+](=O)[O-])cc1N1C(=O)[C@@H]2C3c4ccccc4C(c4ccccc43)[C@@H]2C1=O. The molecule has 0 spiro atoms. The number of non-ortho nitro benzene ring substituents is 1. The maximum absolute atomic E-state index is 13.7. The van der Waals surface area contributed by atoms with Gasteiger partial charge in [0, 0.05) is 24.0 Å². The van der Waals surface area contributed by atoms with Gasteiger partial charge in [0.25, 0.3) is 5.69 Å². The van der Waals surface area contributed by atoms with Gasteiger partial charge in [-0.05, 0) is 34.7 Å². The quantitative estimate of drug-likeness (QED) is 0.358. The van der Waals surface area contributed by atoms with Gasteiger partial charge in [0.05, 0.1) is 22.4 Å². The topological polar surface area (TPSA) is 80.5 Å². The van der Waals surface area contributed by atoms with Gasteiger partial charge in [-0.15, -0.1) is 0 Å². The lowest BCUT2D eigenvalue weighted by Gasteiger charge is -2.45. The third kappa shape index (κ3) is 2.22. The molecule has 2 amide bonds. The monoisotopic (exact) mass is 410 g/mol. The molecule has 3 aromatic carbocycles. The van der Waals surface area contributed by atoms with E-state index in [1.807, 2.05) is 24.3 Å². The third-order valence-corrected chi connectivity index (χ3v) is 7.09. The normalized spacial score (nSPS) is 25.3. The summed E-state index contributed by atoms with van der Waals surface area (Å²) in [5.41, 5.74) is 5.25. The van der Waals surface area contributed by atoms with Crippen LogP contribution in [0.4, 0.5) is 11.4 Å².